The highest BCUT2D eigenvalue weighted by molar-refractivity contribution is 5.37. The molecule has 2 heteroatoms. The maximum atomic E-state index is 5.75. The molecule has 0 bridgehead atoms. The van der Waals surface area contributed by atoms with Crippen LogP contribution in [0, 0.1) is 0 Å². The lowest BCUT2D eigenvalue weighted by atomic mass is 9.93. The van der Waals surface area contributed by atoms with Crippen LogP contribution in [0.15, 0.2) is 24.3 Å². The van der Waals surface area contributed by atoms with Crippen molar-refractivity contribution >= 4 is 0 Å². The Morgan fingerprint density at radius 3 is 2.82 bits per heavy atom. The first-order valence-corrected chi connectivity index (χ1v) is 6.82. The van der Waals surface area contributed by atoms with Crippen molar-refractivity contribution in [2.45, 2.75) is 45.1 Å². The lowest BCUT2D eigenvalue weighted by Crippen LogP contribution is -2.31. The minimum atomic E-state index is 0.623. The van der Waals surface area contributed by atoms with Crippen LogP contribution in [-0.4, -0.2) is 19.2 Å². The molecule has 0 spiro atoms. The van der Waals surface area contributed by atoms with Crippen LogP contribution in [0.25, 0.3) is 0 Å². The second-order valence-electron chi connectivity index (χ2n) is 4.67. The minimum Gasteiger partial charge on any atom is -0.494 e. The first kappa shape index (κ1) is 12.4. The number of hydrogen-bond acceptors (Lipinski definition) is 2. The molecule has 17 heavy (non-hydrogen) atoms. The molecule has 2 atom stereocenters. The fourth-order valence-electron chi connectivity index (χ4n) is 2.91. The lowest BCUT2D eigenvalue weighted by molar-refractivity contribution is 0.331. The maximum absolute atomic E-state index is 5.75. The number of nitrogens with one attached hydrogen (secondary N) is 1. The molecule has 0 heterocycles. The summed E-state index contributed by atoms with van der Waals surface area (Å²) in [6.07, 6.45) is 3.89. The third kappa shape index (κ3) is 2.81. The van der Waals surface area contributed by atoms with Crippen LogP contribution in [0.4, 0.5) is 0 Å². The van der Waals surface area contributed by atoms with E-state index in [2.05, 4.69) is 36.5 Å². The molecule has 1 fully saturated rings. The predicted molar refractivity (Wildman–Crippen MR) is 71.7 cm³/mol. The van der Waals surface area contributed by atoms with Gasteiger partial charge in [0.05, 0.1) is 6.61 Å². The van der Waals surface area contributed by atoms with Crippen molar-refractivity contribution in [1.29, 1.82) is 0 Å². The van der Waals surface area contributed by atoms with Crippen molar-refractivity contribution in [2.75, 3.05) is 13.2 Å². The molecule has 0 amide bonds. The van der Waals surface area contributed by atoms with Crippen molar-refractivity contribution in [2.24, 2.45) is 0 Å². The summed E-state index contributed by atoms with van der Waals surface area (Å²) in [4.78, 5) is 0. The summed E-state index contributed by atoms with van der Waals surface area (Å²) in [6.45, 7) is 6.03. The van der Waals surface area contributed by atoms with E-state index in [1.165, 1.54) is 24.8 Å². The average molecular weight is 233 g/mol. The van der Waals surface area contributed by atoms with Crippen LogP contribution in [0.3, 0.4) is 0 Å². The summed E-state index contributed by atoms with van der Waals surface area (Å²) in [7, 11) is 0. The predicted octanol–water partition coefficient (Wildman–Crippen LogP) is 3.33. The molecule has 0 radical (unpaired) electrons. The van der Waals surface area contributed by atoms with Gasteiger partial charge >= 0.3 is 0 Å². The summed E-state index contributed by atoms with van der Waals surface area (Å²) in [5.41, 5.74) is 1.39. The zero-order valence-electron chi connectivity index (χ0n) is 10.9. The molecule has 0 aliphatic heterocycles. The molecule has 1 aliphatic carbocycles. The number of benzene rings is 1. The van der Waals surface area contributed by atoms with Crippen LogP contribution in [-0.2, 0) is 0 Å². The SMILES string of the molecule is CCNC1CCCC1c1ccccc1OCC. The molecular formula is C15H23NO. The van der Waals surface area contributed by atoms with Crippen LogP contribution < -0.4 is 10.1 Å². The Kier molecular flexibility index (Phi) is 4.43. The van der Waals surface area contributed by atoms with Gasteiger partial charge in [-0.1, -0.05) is 31.5 Å². The molecule has 1 N–H and O–H groups in total. The van der Waals surface area contributed by atoms with E-state index in [-0.39, 0.29) is 0 Å². The normalized spacial score (nSPS) is 23.9. The standard InChI is InChI=1S/C15H23NO/c1-3-16-14-10-7-9-12(14)13-8-5-6-11-15(13)17-4-2/h5-6,8,11-12,14,16H,3-4,7,9-10H2,1-2H3. The van der Waals surface area contributed by atoms with Gasteiger partial charge in [0.1, 0.15) is 5.75 Å². The zero-order chi connectivity index (χ0) is 12.1. The highest BCUT2D eigenvalue weighted by atomic mass is 16.5. The summed E-state index contributed by atoms with van der Waals surface area (Å²) >= 11 is 0. The average Bonchev–Trinajstić information content (AvgIpc) is 2.79. The van der Waals surface area contributed by atoms with E-state index < -0.39 is 0 Å². The number of rotatable bonds is 5. The van der Waals surface area contributed by atoms with Crippen LogP contribution in [0.5, 0.6) is 5.75 Å². The molecule has 1 saturated carbocycles. The number of likely N-dealkylation sites (N-methyl/N-ethyl adjacent to an activating group) is 1. The van der Waals surface area contributed by atoms with Crippen molar-refractivity contribution < 1.29 is 4.74 Å². The van der Waals surface area contributed by atoms with Gasteiger partial charge in [0.25, 0.3) is 0 Å². The van der Waals surface area contributed by atoms with Gasteiger partial charge in [-0.3, -0.25) is 0 Å². The molecule has 0 saturated heterocycles. The van der Waals surface area contributed by atoms with Gasteiger partial charge in [-0.15, -0.1) is 0 Å². The van der Waals surface area contributed by atoms with Gasteiger partial charge < -0.3 is 10.1 Å². The summed E-state index contributed by atoms with van der Waals surface area (Å²) < 4.78 is 5.75. The number of para-hydroxylation sites is 1. The minimum absolute atomic E-state index is 0.623. The monoisotopic (exact) mass is 233 g/mol. The Morgan fingerprint density at radius 2 is 2.06 bits per heavy atom. The molecule has 1 aliphatic rings. The Morgan fingerprint density at radius 1 is 1.24 bits per heavy atom. The van der Waals surface area contributed by atoms with E-state index in [9.17, 15) is 0 Å². The highest BCUT2D eigenvalue weighted by Crippen LogP contribution is 2.38. The lowest BCUT2D eigenvalue weighted by Gasteiger charge is -2.23. The fourth-order valence-corrected chi connectivity index (χ4v) is 2.91. The number of ether oxygens (including phenoxy) is 1. The smallest absolute Gasteiger partial charge is 0.122 e. The van der Waals surface area contributed by atoms with Crippen molar-refractivity contribution in [3.63, 3.8) is 0 Å². The zero-order valence-corrected chi connectivity index (χ0v) is 10.9. The van der Waals surface area contributed by atoms with Crippen molar-refractivity contribution in [3.8, 4) is 5.75 Å². The summed E-state index contributed by atoms with van der Waals surface area (Å²) in [5.74, 6) is 1.70. The third-order valence-electron chi connectivity index (χ3n) is 3.60. The fraction of sp³-hybridized carbons (Fsp3) is 0.600. The van der Waals surface area contributed by atoms with Crippen LogP contribution in [0.1, 0.15) is 44.6 Å². The number of hydrogen-bond donors (Lipinski definition) is 1. The van der Waals surface area contributed by atoms with Gasteiger partial charge in [0.2, 0.25) is 0 Å². The topological polar surface area (TPSA) is 21.3 Å². The molecule has 2 unspecified atom stereocenters. The molecule has 2 nitrogen and oxygen atoms in total. The third-order valence-corrected chi connectivity index (χ3v) is 3.60. The Bertz CT molecular complexity index is 351. The van der Waals surface area contributed by atoms with Crippen LogP contribution in [0.2, 0.25) is 0 Å². The van der Waals surface area contributed by atoms with E-state index in [0.717, 1.165) is 18.9 Å². The highest BCUT2D eigenvalue weighted by Gasteiger charge is 2.29. The Balaban J connectivity index is 2.20. The molecule has 0 aromatic heterocycles. The largest absolute Gasteiger partial charge is 0.494 e. The first-order valence-electron chi connectivity index (χ1n) is 6.82. The summed E-state index contributed by atoms with van der Waals surface area (Å²) in [5, 5.41) is 3.61. The van der Waals surface area contributed by atoms with E-state index in [4.69, 9.17) is 4.74 Å². The second-order valence-corrected chi connectivity index (χ2v) is 4.67. The van der Waals surface area contributed by atoms with E-state index in [1.807, 2.05) is 6.92 Å². The molecular weight excluding hydrogens is 210 g/mol. The van der Waals surface area contributed by atoms with E-state index >= 15 is 0 Å². The Hall–Kier alpha value is -1.02. The van der Waals surface area contributed by atoms with Gasteiger partial charge in [0.15, 0.2) is 0 Å². The molecule has 1 aromatic carbocycles. The van der Waals surface area contributed by atoms with Gasteiger partial charge in [-0.05, 0) is 37.9 Å². The summed E-state index contributed by atoms with van der Waals surface area (Å²) in [6, 6.07) is 9.14. The van der Waals surface area contributed by atoms with E-state index in [1.54, 1.807) is 0 Å². The second kappa shape index (κ2) is 6.06. The molecule has 94 valence electrons. The van der Waals surface area contributed by atoms with Gasteiger partial charge in [0, 0.05) is 12.0 Å². The molecule has 1 aromatic rings. The molecule has 2 rings (SSSR count). The van der Waals surface area contributed by atoms with Crippen molar-refractivity contribution in [3.05, 3.63) is 29.8 Å². The first-order chi connectivity index (χ1) is 8.36. The van der Waals surface area contributed by atoms with E-state index in [0.29, 0.717) is 12.0 Å². The maximum Gasteiger partial charge on any atom is 0.122 e. The van der Waals surface area contributed by atoms with Gasteiger partial charge in [-0.25, -0.2) is 0 Å². The van der Waals surface area contributed by atoms with Crippen LogP contribution >= 0.6 is 0 Å². The van der Waals surface area contributed by atoms with Crippen molar-refractivity contribution in [1.82, 2.24) is 5.32 Å². The quantitative estimate of drug-likeness (QED) is 0.842. The Labute approximate surface area is 104 Å². The van der Waals surface area contributed by atoms with Gasteiger partial charge in [-0.2, -0.15) is 0 Å².